The second kappa shape index (κ2) is 9.76. The summed E-state index contributed by atoms with van der Waals surface area (Å²) in [5.41, 5.74) is -0.144. The molecule has 0 N–H and O–H groups in total. The molecular formula is C20H30N4O5S. The molecule has 0 aliphatic carbocycles. The molecular weight excluding hydrogens is 408 g/mol. The average molecular weight is 439 g/mol. The van der Waals surface area contributed by atoms with Gasteiger partial charge in [-0.15, -0.1) is 0 Å². The standard InChI is InChI=1S/C20H30N4O5S/c1-4-23-19(21-24(20(23)25)14-15-28-3)16-10-12-22(13-11-16)30(26,27)18-8-6-17(7-9-18)29-5-2/h6-9,16H,4-5,10-15H2,1-3H3. The molecule has 2 aromatic rings. The van der Waals surface area contributed by atoms with Crippen molar-refractivity contribution in [2.75, 3.05) is 33.4 Å². The van der Waals surface area contributed by atoms with Gasteiger partial charge in [0.2, 0.25) is 10.0 Å². The molecule has 1 aliphatic heterocycles. The van der Waals surface area contributed by atoms with Gasteiger partial charge in [0.15, 0.2) is 0 Å². The summed E-state index contributed by atoms with van der Waals surface area (Å²) >= 11 is 0. The van der Waals surface area contributed by atoms with E-state index in [0.29, 0.717) is 58.0 Å². The van der Waals surface area contributed by atoms with Gasteiger partial charge in [-0.3, -0.25) is 4.57 Å². The van der Waals surface area contributed by atoms with Gasteiger partial charge in [0.05, 0.1) is 24.7 Å². The van der Waals surface area contributed by atoms with Gasteiger partial charge >= 0.3 is 5.69 Å². The van der Waals surface area contributed by atoms with Crippen LogP contribution in [-0.2, 0) is 27.8 Å². The molecule has 1 aromatic carbocycles. The van der Waals surface area contributed by atoms with Crippen LogP contribution in [0.4, 0.5) is 0 Å². The molecule has 0 amide bonds. The lowest BCUT2D eigenvalue weighted by Crippen LogP contribution is -2.38. The second-order valence-electron chi connectivity index (χ2n) is 7.18. The molecule has 0 saturated carbocycles. The Morgan fingerprint density at radius 1 is 1.13 bits per heavy atom. The van der Waals surface area contributed by atoms with Gasteiger partial charge in [-0.1, -0.05) is 0 Å². The fraction of sp³-hybridized carbons (Fsp3) is 0.600. The van der Waals surface area contributed by atoms with Crippen molar-refractivity contribution in [3.63, 3.8) is 0 Å². The number of hydrogen-bond donors (Lipinski definition) is 0. The van der Waals surface area contributed by atoms with Crippen LogP contribution >= 0.6 is 0 Å². The first-order valence-corrected chi connectivity index (χ1v) is 11.8. The Morgan fingerprint density at radius 2 is 1.80 bits per heavy atom. The fourth-order valence-corrected chi connectivity index (χ4v) is 5.23. The molecule has 2 heterocycles. The monoisotopic (exact) mass is 438 g/mol. The third kappa shape index (κ3) is 4.60. The first-order valence-electron chi connectivity index (χ1n) is 10.3. The quantitative estimate of drug-likeness (QED) is 0.591. The van der Waals surface area contributed by atoms with Gasteiger partial charge in [-0.25, -0.2) is 17.9 Å². The number of sulfonamides is 1. The van der Waals surface area contributed by atoms with Crippen molar-refractivity contribution in [1.82, 2.24) is 18.7 Å². The zero-order valence-electron chi connectivity index (χ0n) is 17.8. The zero-order valence-corrected chi connectivity index (χ0v) is 18.6. The molecule has 0 atom stereocenters. The first kappa shape index (κ1) is 22.5. The number of rotatable bonds is 9. The minimum Gasteiger partial charge on any atom is -0.494 e. The van der Waals surface area contributed by atoms with Crippen molar-refractivity contribution in [2.45, 2.75) is 50.6 Å². The van der Waals surface area contributed by atoms with Crippen molar-refractivity contribution in [3.8, 4) is 5.75 Å². The number of ether oxygens (including phenoxy) is 2. The summed E-state index contributed by atoms with van der Waals surface area (Å²) in [5.74, 6) is 1.43. The number of hydrogen-bond acceptors (Lipinski definition) is 6. The van der Waals surface area contributed by atoms with Gasteiger partial charge in [0, 0.05) is 32.7 Å². The molecule has 1 saturated heterocycles. The molecule has 0 radical (unpaired) electrons. The van der Waals surface area contributed by atoms with E-state index in [1.165, 1.54) is 8.99 Å². The Bertz CT molecular complexity index is 989. The average Bonchev–Trinajstić information content (AvgIpc) is 3.08. The predicted molar refractivity (Wildman–Crippen MR) is 112 cm³/mol. The van der Waals surface area contributed by atoms with E-state index >= 15 is 0 Å². The summed E-state index contributed by atoms with van der Waals surface area (Å²) in [7, 11) is -1.98. The Labute approximate surface area is 177 Å². The van der Waals surface area contributed by atoms with Crippen molar-refractivity contribution in [1.29, 1.82) is 0 Å². The molecule has 1 aliphatic rings. The number of aromatic nitrogens is 3. The van der Waals surface area contributed by atoms with E-state index in [9.17, 15) is 13.2 Å². The normalized spacial score (nSPS) is 16.1. The van der Waals surface area contributed by atoms with Crippen LogP contribution in [0, 0.1) is 0 Å². The van der Waals surface area contributed by atoms with E-state index in [2.05, 4.69) is 5.10 Å². The van der Waals surface area contributed by atoms with Gasteiger partial charge in [-0.2, -0.15) is 9.40 Å². The summed E-state index contributed by atoms with van der Waals surface area (Å²) in [4.78, 5) is 12.8. The number of nitrogens with zero attached hydrogens (tertiary/aromatic N) is 4. The SMILES string of the molecule is CCOc1ccc(S(=O)(=O)N2CCC(c3nn(CCOC)c(=O)n3CC)CC2)cc1. The van der Waals surface area contributed by atoms with Gasteiger partial charge in [-0.05, 0) is 51.0 Å². The van der Waals surface area contributed by atoms with E-state index in [-0.39, 0.29) is 16.5 Å². The molecule has 30 heavy (non-hydrogen) atoms. The maximum absolute atomic E-state index is 13.0. The highest BCUT2D eigenvalue weighted by Gasteiger charge is 2.32. The van der Waals surface area contributed by atoms with Gasteiger partial charge < -0.3 is 9.47 Å². The highest BCUT2D eigenvalue weighted by atomic mass is 32.2. The molecule has 9 nitrogen and oxygen atoms in total. The van der Waals surface area contributed by atoms with Crippen LogP contribution in [-0.4, -0.2) is 60.5 Å². The van der Waals surface area contributed by atoms with Crippen LogP contribution in [0.2, 0.25) is 0 Å². The summed E-state index contributed by atoms with van der Waals surface area (Å²) in [5, 5.41) is 4.52. The van der Waals surface area contributed by atoms with E-state index in [1.54, 1.807) is 35.9 Å². The van der Waals surface area contributed by atoms with Crippen molar-refractivity contribution >= 4 is 10.0 Å². The van der Waals surface area contributed by atoms with E-state index in [4.69, 9.17) is 9.47 Å². The number of piperidine rings is 1. The lowest BCUT2D eigenvalue weighted by atomic mass is 9.97. The Hall–Kier alpha value is -2.17. The topological polar surface area (TPSA) is 95.7 Å². The Morgan fingerprint density at radius 3 is 2.37 bits per heavy atom. The highest BCUT2D eigenvalue weighted by molar-refractivity contribution is 7.89. The smallest absolute Gasteiger partial charge is 0.345 e. The molecule has 166 valence electrons. The van der Waals surface area contributed by atoms with Crippen LogP contribution in [0.15, 0.2) is 34.0 Å². The number of methoxy groups -OCH3 is 1. The summed E-state index contributed by atoms with van der Waals surface area (Å²) in [6.07, 6.45) is 1.24. The Kier molecular flexibility index (Phi) is 7.32. The highest BCUT2D eigenvalue weighted by Crippen LogP contribution is 2.30. The van der Waals surface area contributed by atoms with Crippen molar-refractivity contribution in [3.05, 3.63) is 40.6 Å². The maximum atomic E-state index is 13.0. The summed E-state index contributed by atoms with van der Waals surface area (Å²) in [6, 6.07) is 6.52. The Balaban J connectivity index is 1.72. The predicted octanol–water partition coefficient (Wildman–Crippen LogP) is 1.68. The molecule has 0 bridgehead atoms. The largest absolute Gasteiger partial charge is 0.494 e. The molecule has 3 rings (SSSR count). The molecule has 0 spiro atoms. The third-order valence-corrected chi connectivity index (χ3v) is 7.28. The van der Waals surface area contributed by atoms with Crippen LogP contribution in [0.25, 0.3) is 0 Å². The lowest BCUT2D eigenvalue weighted by molar-refractivity contribution is 0.182. The maximum Gasteiger partial charge on any atom is 0.345 e. The number of benzene rings is 1. The second-order valence-corrected chi connectivity index (χ2v) is 9.12. The third-order valence-electron chi connectivity index (χ3n) is 5.37. The van der Waals surface area contributed by atoms with E-state index < -0.39 is 10.0 Å². The fourth-order valence-electron chi connectivity index (χ4n) is 3.76. The van der Waals surface area contributed by atoms with Crippen LogP contribution in [0.3, 0.4) is 0 Å². The molecule has 10 heteroatoms. The van der Waals surface area contributed by atoms with Crippen LogP contribution in [0.5, 0.6) is 5.75 Å². The van der Waals surface area contributed by atoms with E-state index in [0.717, 1.165) is 5.82 Å². The molecule has 1 fully saturated rings. The van der Waals surface area contributed by atoms with Crippen LogP contribution < -0.4 is 10.4 Å². The van der Waals surface area contributed by atoms with Crippen molar-refractivity contribution < 1.29 is 17.9 Å². The minimum atomic E-state index is -3.56. The van der Waals surface area contributed by atoms with E-state index in [1.807, 2.05) is 13.8 Å². The van der Waals surface area contributed by atoms with Gasteiger partial charge in [0.1, 0.15) is 11.6 Å². The van der Waals surface area contributed by atoms with Crippen LogP contribution in [0.1, 0.15) is 38.4 Å². The molecule has 0 unspecified atom stereocenters. The minimum absolute atomic E-state index is 0.0493. The van der Waals surface area contributed by atoms with Gasteiger partial charge in [0.25, 0.3) is 0 Å². The first-order chi connectivity index (χ1) is 14.4. The zero-order chi connectivity index (χ0) is 21.7. The molecule has 1 aromatic heterocycles. The van der Waals surface area contributed by atoms with Crippen molar-refractivity contribution in [2.24, 2.45) is 0 Å². The summed E-state index contributed by atoms with van der Waals surface area (Å²) < 4.78 is 41.1. The lowest BCUT2D eigenvalue weighted by Gasteiger charge is -2.30. The summed E-state index contributed by atoms with van der Waals surface area (Å²) in [6.45, 7) is 6.47.